The maximum Gasteiger partial charge on any atom is 0.361 e. The van der Waals surface area contributed by atoms with Crippen molar-refractivity contribution in [2.24, 2.45) is 0 Å². The highest BCUT2D eigenvalue weighted by atomic mass is 16.6. The fraction of sp³-hybridized carbons (Fsp3) is 0.474. The van der Waals surface area contributed by atoms with Crippen molar-refractivity contribution in [1.29, 1.82) is 0 Å². The molecule has 1 aliphatic rings. The number of methoxy groups -OCH3 is 1. The number of carbonyl (C=O) groups is 1. The average Bonchev–Trinajstić information content (AvgIpc) is 3.16. The third-order valence-electron chi connectivity index (χ3n) is 4.34. The Balaban J connectivity index is 1.53. The molecule has 1 fully saturated rings. The predicted octanol–water partition coefficient (Wildman–Crippen LogP) is 3.86. The number of hydrogen-bond donors (Lipinski definition) is 0. The van der Waals surface area contributed by atoms with Gasteiger partial charge in [0, 0.05) is 5.56 Å². The molecule has 2 aromatic rings. The van der Waals surface area contributed by atoms with Crippen molar-refractivity contribution in [3.8, 4) is 17.1 Å². The molecule has 0 atom stereocenters. The van der Waals surface area contributed by atoms with E-state index in [1.165, 1.54) is 25.7 Å². The van der Waals surface area contributed by atoms with Crippen LogP contribution < -0.4 is 4.74 Å². The summed E-state index contributed by atoms with van der Waals surface area (Å²) in [7, 11) is 1.60. The number of oxazole rings is 1. The maximum absolute atomic E-state index is 12.2. The third kappa shape index (κ3) is 4.60. The zero-order chi connectivity index (χ0) is 17.5. The van der Waals surface area contributed by atoms with Crippen LogP contribution in [0.4, 0.5) is 0 Å². The van der Waals surface area contributed by atoms with Crippen LogP contribution in [0.2, 0.25) is 0 Å². The molecule has 1 aromatic heterocycles. The Morgan fingerprint density at radius 3 is 2.64 bits per heavy atom. The molecule has 134 valence electrons. The van der Waals surface area contributed by atoms with Gasteiger partial charge in [0.2, 0.25) is 0 Å². The van der Waals surface area contributed by atoms with Crippen molar-refractivity contribution in [2.75, 3.05) is 20.3 Å². The van der Waals surface area contributed by atoms with Gasteiger partial charge in [-0.3, -0.25) is 0 Å². The van der Waals surface area contributed by atoms with Gasteiger partial charge < -0.3 is 18.6 Å². The monoisotopic (exact) mass is 345 g/mol. The Labute approximate surface area is 147 Å². The van der Waals surface area contributed by atoms with Gasteiger partial charge in [0.05, 0.1) is 19.8 Å². The first-order valence-electron chi connectivity index (χ1n) is 8.64. The van der Waals surface area contributed by atoms with E-state index in [-0.39, 0.29) is 12.3 Å². The second-order valence-electron chi connectivity index (χ2n) is 6.03. The van der Waals surface area contributed by atoms with Crippen molar-refractivity contribution < 1.29 is 23.4 Å². The van der Waals surface area contributed by atoms with Gasteiger partial charge in [-0.25, -0.2) is 9.78 Å². The van der Waals surface area contributed by atoms with Crippen LogP contribution >= 0.6 is 0 Å². The first kappa shape index (κ1) is 17.5. The number of carbonyl (C=O) groups excluding carboxylic acids is 1. The van der Waals surface area contributed by atoms with Gasteiger partial charge in [0.15, 0.2) is 17.8 Å². The normalized spacial score (nSPS) is 15.1. The quantitative estimate of drug-likeness (QED) is 0.560. The van der Waals surface area contributed by atoms with E-state index in [9.17, 15) is 4.79 Å². The van der Waals surface area contributed by atoms with Gasteiger partial charge in [-0.2, -0.15) is 0 Å². The van der Waals surface area contributed by atoms with Crippen LogP contribution in [-0.2, 0) is 9.47 Å². The topological polar surface area (TPSA) is 70.8 Å². The fourth-order valence-corrected chi connectivity index (χ4v) is 2.99. The third-order valence-corrected chi connectivity index (χ3v) is 4.34. The minimum atomic E-state index is -0.508. The predicted molar refractivity (Wildman–Crippen MR) is 91.6 cm³/mol. The molecule has 3 rings (SSSR count). The molecule has 25 heavy (non-hydrogen) atoms. The molecule has 6 heteroatoms. The van der Waals surface area contributed by atoms with Gasteiger partial charge in [-0.1, -0.05) is 19.3 Å². The summed E-state index contributed by atoms with van der Waals surface area (Å²) >= 11 is 0. The van der Waals surface area contributed by atoms with Gasteiger partial charge in [0.25, 0.3) is 0 Å². The molecular weight excluding hydrogens is 322 g/mol. The van der Waals surface area contributed by atoms with Gasteiger partial charge in [0.1, 0.15) is 12.4 Å². The highest BCUT2D eigenvalue weighted by Crippen LogP contribution is 2.26. The minimum absolute atomic E-state index is 0.169. The number of esters is 1. The number of benzene rings is 1. The summed E-state index contributed by atoms with van der Waals surface area (Å²) < 4.78 is 21.5. The molecule has 0 saturated heterocycles. The van der Waals surface area contributed by atoms with Gasteiger partial charge in [-0.15, -0.1) is 0 Å². The lowest BCUT2D eigenvalue weighted by Gasteiger charge is -2.21. The lowest BCUT2D eigenvalue weighted by Crippen LogP contribution is -2.20. The first-order chi connectivity index (χ1) is 12.3. The molecule has 1 heterocycles. The molecule has 0 bridgehead atoms. The van der Waals surface area contributed by atoms with Crippen LogP contribution in [0.15, 0.2) is 35.1 Å². The highest BCUT2D eigenvalue weighted by Gasteiger charge is 2.20. The molecule has 0 N–H and O–H groups in total. The summed E-state index contributed by atoms with van der Waals surface area (Å²) in [6, 6.07) is 7.21. The van der Waals surface area contributed by atoms with E-state index >= 15 is 0 Å². The minimum Gasteiger partial charge on any atom is -0.497 e. The molecule has 0 spiro atoms. The molecule has 1 saturated carbocycles. The Morgan fingerprint density at radius 2 is 1.92 bits per heavy atom. The van der Waals surface area contributed by atoms with Crippen LogP contribution in [0.1, 0.15) is 42.6 Å². The zero-order valence-electron chi connectivity index (χ0n) is 14.4. The smallest absolute Gasteiger partial charge is 0.361 e. The lowest BCUT2D eigenvalue weighted by atomic mass is 9.98. The van der Waals surface area contributed by atoms with Crippen molar-refractivity contribution in [3.63, 3.8) is 0 Å². The summed E-state index contributed by atoms with van der Waals surface area (Å²) in [5, 5.41) is 0. The van der Waals surface area contributed by atoms with E-state index in [4.69, 9.17) is 18.6 Å². The van der Waals surface area contributed by atoms with Crippen LogP contribution in [0.3, 0.4) is 0 Å². The summed E-state index contributed by atoms with van der Waals surface area (Å²) in [4.78, 5) is 16.2. The molecule has 0 unspecified atom stereocenters. The van der Waals surface area contributed by atoms with Crippen LogP contribution in [0.25, 0.3) is 11.3 Å². The number of ether oxygens (including phenoxy) is 3. The van der Waals surface area contributed by atoms with Crippen LogP contribution in [-0.4, -0.2) is 37.4 Å². The maximum atomic E-state index is 12.2. The van der Waals surface area contributed by atoms with Crippen LogP contribution in [0, 0.1) is 0 Å². The number of hydrogen-bond acceptors (Lipinski definition) is 6. The summed E-state index contributed by atoms with van der Waals surface area (Å²) in [6.45, 7) is 0.621. The Hall–Kier alpha value is -2.34. The summed E-state index contributed by atoms with van der Waals surface area (Å²) in [6.07, 6.45) is 7.46. The second-order valence-corrected chi connectivity index (χ2v) is 6.03. The van der Waals surface area contributed by atoms with E-state index in [0.29, 0.717) is 18.5 Å². The van der Waals surface area contributed by atoms with Crippen LogP contribution in [0.5, 0.6) is 5.75 Å². The van der Waals surface area contributed by atoms with Crippen molar-refractivity contribution in [2.45, 2.75) is 38.2 Å². The van der Waals surface area contributed by atoms with E-state index in [1.807, 2.05) is 12.1 Å². The van der Waals surface area contributed by atoms with Gasteiger partial charge >= 0.3 is 5.97 Å². The largest absolute Gasteiger partial charge is 0.497 e. The molecule has 0 amide bonds. The highest BCUT2D eigenvalue weighted by molar-refractivity contribution is 5.93. The fourth-order valence-electron chi connectivity index (χ4n) is 2.99. The molecular formula is C19H23NO5. The molecule has 0 radical (unpaired) electrons. The second kappa shape index (κ2) is 8.67. The number of rotatable bonds is 7. The molecule has 0 aliphatic heterocycles. The van der Waals surface area contributed by atoms with E-state index in [2.05, 4.69) is 4.98 Å². The van der Waals surface area contributed by atoms with Crippen molar-refractivity contribution in [3.05, 3.63) is 36.4 Å². The SMILES string of the molecule is COc1ccc(-c2ocnc2C(=O)OCCOC2CCCCC2)cc1. The molecule has 1 aliphatic carbocycles. The zero-order valence-corrected chi connectivity index (χ0v) is 14.4. The average molecular weight is 345 g/mol. The van der Waals surface area contributed by atoms with Gasteiger partial charge in [-0.05, 0) is 37.1 Å². The first-order valence-corrected chi connectivity index (χ1v) is 8.64. The Bertz CT molecular complexity index is 673. The number of nitrogens with zero attached hydrogens (tertiary/aromatic N) is 1. The lowest BCUT2D eigenvalue weighted by molar-refractivity contribution is -0.00525. The summed E-state index contributed by atoms with van der Waals surface area (Å²) in [5.41, 5.74) is 0.909. The number of aromatic nitrogens is 1. The molecule has 1 aromatic carbocycles. The van der Waals surface area contributed by atoms with Crippen molar-refractivity contribution >= 4 is 5.97 Å². The standard InChI is InChI=1S/C19H23NO5/c1-22-15-9-7-14(8-10-15)18-17(20-13-25-18)19(21)24-12-11-23-16-5-3-2-4-6-16/h7-10,13,16H,2-6,11-12H2,1H3. The Kier molecular flexibility index (Phi) is 6.06. The summed E-state index contributed by atoms with van der Waals surface area (Å²) in [5.74, 6) is 0.611. The van der Waals surface area contributed by atoms with E-state index < -0.39 is 5.97 Å². The van der Waals surface area contributed by atoms with E-state index in [1.54, 1.807) is 19.2 Å². The molecule has 6 nitrogen and oxygen atoms in total. The van der Waals surface area contributed by atoms with Crippen molar-refractivity contribution in [1.82, 2.24) is 4.98 Å². The Morgan fingerprint density at radius 1 is 1.16 bits per heavy atom. The van der Waals surface area contributed by atoms with E-state index in [0.717, 1.165) is 24.2 Å².